The van der Waals surface area contributed by atoms with Crippen molar-refractivity contribution in [1.82, 2.24) is 14.7 Å². The molecule has 0 radical (unpaired) electrons. The average Bonchev–Trinajstić information content (AvgIpc) is 3.33. The summed E-state index contributed by atoms with van der Waals surface area (Å²) < 4.78 is 18.6. The number of nitrogens with two attached hydrogens (primary N) is 1. The van der Waals surface area contributed by atoms with Crippen LogP contribution in [0.25, 0.3) is 22.2 Å². The van der Waals surface area contributed by atoms with Crippen molar-refractivity contribution >= 4 is 28.4 Å². The minimum Gasteiger partial charge on any atom is -0.493 e. The molecule has 2 aromatic carbocycles. The molecule has 0 atom stereocenters. The van der Waals surface area contributed by atoms with E-state index < -0.39 is 6.09 Å². The summed E-state index contributed by atoms with van der Waals surface area (Å²) in [4.78, 5) is 16.2. The number of hydrogen-bond donors (Lipinski definition) is 2. The van der Waals surface area contributed by atoms with Gasteiger partial charge < -0.3 is 24.3 Å². The zero-order chi connectivity index (χ0) is 25.2. The molecule has 9 nitrogen and oxygen atoms in total. The molecule has 36 heavy (non-hydrogen) atoms. The molecule has 9 heteroatoms. The van der Waals surface area contributed by atoms with Gasteiger partial charge in [-0.15, -0.1) is 0 Å². The lowest BCUT2D eigenvalue weighted by Crippen LogP contribution is -2.18. The lowest BCUT2D eigenvalue weighted by Gasteiger charge is -2.30. The van der Waals surface area contributed by atoms with Gasteiger partial charge in [0.05, 0.1) is 29.6 Å². The summed E-state index contributed by atoms with van der Waals surface area (Å²) in [7, 11) is 0. The van der Waals surface area contributed by atoms with Crippen LogP contribution in [0.2, 0.25) is 0 Å². The highest BCUT2D eigenvalue weighted by molar-refractivity contribution is 6.01. The molecular formula is C27H31N5O4. The number of fused-ring (bicyclic) bond motifs is 1. The quantitative estimate of drug-likeness (QED) is 0.317. The molecule has 4 aromatic rings. The van der Waals surface area contributed by atoms with Crippen LogP contribution in [0.1, 0.15) is 50.9 Å². The minimum absolute atomic E-state index is 0.181. The van der Waals surface area contributed by atoms with E-state index in [0.717, 1.165) is 46.4 Å². The fourth-order valence-electron chi connectivity index (χ4n) is 4.50. The molecule has 1 aliphatic rings. The van der Waals surface area contributed by atoms with Crippen molar-refractivity contribution in [1.29, 1.82) is 0 Å². The Kier molecular flexibility index (Phi) is 6.54. The van der Waals surface area contributed by atoms with Crippen molar-refractivity contribution in [2.24, 2.45) is 0 Å². The predicted octanol–water partition coefficient (Wildman–Crippen LogP) is 5.89. The predicted molar refractivity (Wildman–Crippen MR) is 138 cm³/mol. The van der Waals surface area contributed by atoms with Crippen LogP contribution in [-0.2, 0) is 11.2 Å². The van der Waals surface area contributed by atoms with E-state index in [1.165, 1.54) is 6.42 Å². The summed E-state index contributed by atoms with van der Waals surface area (Å²) in [5, 5.41) is 7.68. The number of carbonyl (C=O) groups excluding carboxylic acids is 1. The van der Waals surface area contributed by atoms with Crippen LogP contribution in [-0.4, -0.2) is 33.5 Å². The number of carbonyl (C=O) groups is 1. The van der Waals surface area contributed by atoms with Crippen LogP contribution in [0.15, 0.2) is 47.0 Å². The number of anilines is 2. The van der Waals surface area contributed by atoms with Crippen LogP contribution >= 0.6 is 0 Å². The molecule has 0 spiro atoms. The number of nitrogen functional groups attached to an aromatic ring is 1. The third-order valence-electron chi connectivity index (χ3n) is 6.37. The monoisotopic (exact) mass is 489 g/mol. The topological polar surface area (TPSA) is 117 Å². The molecule has 1 saturated carbocycles. The number of aryl methyl sites for hydroxylation is 1. The first-order chi connectivity index (χ1) is 17.4. The standard InChI is InChI=1S/C27H31N5O4/c1-16(2)35-27(33)30-19-9-7-18(8-10-19)26-25(28)22-12-11-21(15-23(22)32(26)20-5-4-6-20)34-14-13-24-29-17(3)36-31-24/h7-12,15-16,20H,4-6,13-14,28H2,1-3H3,(H,30,33). The summed E-state index contributed by atoms with van der Waals surface area (Å²) in [5.41, 5.74) is 11.2. The molecule has 0 aliphatic heterocycles. The second kappa shape index (κ2) is 9.93. The lowest BCUT2D eigenvalue weighted by atomic mass is 9.92. The van der Waals surface area contributed by atoms with Gasteiger partial charge in [0.1, 0.15) is 5.75 Å². The first-order valence-electron chi connectivity index (χ1n) is 12.3. The maximum absolute atomic E-state index is 11.9. The van der Waals surface area contributed by atoms with Crippen molar-refractivity contribution in [2.45, 2.75) is 58.6 Å². The number of hydrogen-bond acceptors (Lipinski definition) is 7. The van der Waals surface area contributed by atoms with E-state index in [1.54, 1.807) is 6.92 Å². The number of aromatic nitrogens is 3. The van der Waals surface area contributed by atoms with Gasteiger partial charge in [0.25, 0.3) is 0 Å². The lowest BCUT2D eigenvalue weighted by molar-refractivity contribution is 0.130. The Labute approximate surface area is 209 Å². The second-order valence-corrected chi connectivity index (χ2v) is 9.38. The SMILES string of the molecule is Cc1nc(CCOc2ccc3c(N)c(-c4ccc(NC(=O)OC(C)C)cc4)n(C4CCC4)c3c2)no1. The number of benzene rings is 2. The highest BCUT2D eigenvalue weighted by atomic mass is 16.6. The first kappa shape index (κ1) is 23.7. The highest BCUT2D eigenvalue weighted by Gasteiger charge is 2.27. The third kappa shape index (κ3) is 4.86. The fourth-order valence-corrected chi connectivity index (χ4v) is 4.50. The summed E-state index contributed by atoms with van der Waals surface area (Å²) in [6.45, 7) is 5.85. The van der Waals surface area contributed by atoms with Gasteiger partial charge in [-0.3, -0.25) is 5.32 Å². The van der Waals surface area contributed by atoms with Crippen molar-refractivity contribution < 1.29 is 18.8 Å². The van der Waals surface area contributed by atoms with Crippen molar-refractivity contribution in [3.63, 3.8) is 0 Å². The van der Waals surface area contributed by atoms with Gasteiger partial charge in [-0.25, -0.2) is 4.79 Å². The molecule has 0 bridgehead atoms. The summed E-state index contributed by atoms with van der Waals surface area (Å²) in [5.74, 6) is 1.95. The van der Waals surface area contributed by atoms with Crippen LogP contribution < -0.4 is 15.8 Å². The van der Waals surface area contributed by atoms with E-state index >= 15 is 0 Å². The first-order valence-corrected chi connectivity index (χ1v) is 12.3. The Hall–Kier alpha value is -4.01. The number of ether oxygens (including phenoxy) is 2. The maximum atomic E-state index is 11.9. The maximum Gasteiger partial charge on any atom is 0.411 e. The van der Waals surface area contributed by atoms with Crippen LogP contribution in [0.3, 0.4) is 0 Å². The Morgan fingerprint density at radius 1 is 1.22 bits per heavy atom. The number of rotatable bonds is 8. The van der Waals surface area contributed by atoms with Gasteiger partial charge in [-0.2, -0.15) is 4.98 Å². The van der Waals surface area contributed by atoms with Crippen molar-refractivity contribution in [3.05, 3.63) is 54.2 Å². The summed E-state index contributed by atoms with van der Waals surface area (Å²) >= 11 is 0. The molecule has 0 saturated heterocycles. The van der Waals surface area contributed by atoms with E-state index in [-0.39, 0.29) is 6.10 Å². The molecule has 5 rings (SSSR count). The molecule has 2 heterocycles. The largest absolute Gasteiger partial charge is 0.493 e. The molecule has 1 aliphatic carbocycles. The van der Waals surface area contributed by atoms with E-state index in [1.807, 2.05) is 50.2 Å². The molecule has 0 unspecified atom stereocenters. The number of amides is 1. The van der Waals surface area contributed by atoms with E-state index in [0.29, 0.717) is 36.5 Å². The van der Waals surface area contributed by atoms with E-state index in [2.05, 4.69) is 26.1 Å². The zero-order valence-electron chi connectivity index (χ0n) is 20.8. The molecular weight excluding hydrogens is 458 g/mol. The van der Waals surface area contributed by atoms with Crippen LogP contribution in [0.4, 0.5) is 16.2 Å². The summed E-state index contributed by atoms with van der Waals surface area (Å²) in [6.07, 6.45) is 3.34. The number of nitrogens with zero attached hydrogens (tertiary/aromatic N) is 3. The Morgan fingerprint density at radius 2 is 2.00 bits per heavy atom. The Morgan fingerprint density at radius 3 is 2.64 bits per heavy atom. The fraction of sp³-hybridized carbons (Fsp3) is 0.370. The molecule has 1 amide bonds. The van der Waals surface area contributed by atoms with Gasteiger partial charge >= 0.3 is 6.09 Å². The van der Waals surface area contributed by atoms with Crippen molar-refractivity contribution in [3.8, 4) is 17.0 Å². The molecule has 3 N–H and O–H groups in total. The van der Waals surface area contributed by atoms with E-state index in [4.69, 9.17) is 19.7 Å². The Bertz CT molecular complexity index is 1370. The van der Waals surface area contributed by atoms with E-state index in [9.17, 15) is 4.79 Å². The van der Waals surface area contributed by atoms with Gasteiger partial charge in [-0.1, -0.05) is 17.3 Å². The highest BCUT2D eigenvalue weighted by Crippen LogP contribution is 2.44. The summed E-state index contributed by atoms with van der Waals surface area (Å²) in [6, 6.07) is 14.1. The van der Waals surface area contributed by atoms with Crippen LogP contribution in [0, 0.1) is 6.92 Å². The smallest absolute Gasteiger partial charge is 0.411 e. The average molecular weight is 490 g/mol. The molecule has 2 aromatic heterocycles. The number of nitrogens with one attached hydrogen (secondary N) is 1. The third-order valence-corrected chi connectivity index (χ3v) is 6.37. The minimum atomic E-state index is -0.470. The van der Waals surface area contributed by atoms with Gasteiger partial charge in [0.2, 0.25) is 5.89 Å². The second-order valence-electron chi connectivity index (χ2n) is 9.38. The molecule has 1 fully saturated rings. The van der Waals surface area contributed by atoms with Crippen molar-refractivity contribution in [2.75, 3.05) is 17.7 Å². The van der Waals surface area contributed by atoms with Gasteiger partial charge in [-0.05, 0) is 57.4 Å². The zero-order valence-corrected chi connectivity index (χ0v) is 20.8. The van der Waals surface area contributed by atoms with Crippen LogP contribution in [0.5, 0.6) is 5.75 Å². The van der Waals surface area contributed by atoms with Gasteiger partial charge in [0, 0.05) is 42.1 Å². The normalized spacial score (nSPS) is 13.7. The molecule has 188 valence electrons. The Balaban J connectivity index is 1.42. The van der Waals surface area contributed by atoms with Gasteiger partial charge in [0.15, 0.2) is 5.82 Å².